The molecule has 0 saturated carbocycles. The molecule has 0 fully saturated rings. The van der Waals surface area contributed by atoms with Gasteiger partial charge in [0.15, 0.2) is 0 Å². The summed E-state index contributed by atoms with van der Waals surface area (Å²) in [5.41, 5.74) is 0. The molecule has 104 valence electrons. The molecule has 0 saturated heterocycles. The molecular formula is C11H14N2O6. The molecule has 8 nitrogen and oxygen atoms in total. The second-order valence-electron chi connectivity index (χ2n) is 3.87. The van der Waals surface area contributed by atoms with Crippen molar-refractivity contribution in [3.63, 3.8) is 0 Å². The maximum atomic E-state index is 11.7. The zero-order chi connectivity index (χ0) is 14.4. The summed E-state index contributed by atoms with van der Waals surface area (Å²) in [5.74, 6) is -2.17. The number of furan rings is 1. The topological polar surface area (TPSA) is 120 Å². The third kappa shape index (κ3) is 4.70. The first kappa shape index (κ1) is 14.6. The number of urea groups is 1. The van der Waals surface area contributed by atoms with Crippen molar-refractivity contribution in [1.29, 1.82) is 0 Å². The van der Waals surface area contributed by atoms with E-state index in [0.29, 0.717) is 5.76 Å². The molecule has 8 heteroatoms. The molecule has 0 unspecified atom stereocenters. The SMILES string of the molecule is CN(Cc1ccco1)C(=O)N[C@@H](CC(=O)O)C(=O)O. The van der Waals surface area contributed by atoms with Crippen LogP contribution in [0.15, 0.2) is 22.8 Å². The van der Waals surface area contributed by atoms with Crippen LogP contribution in [0.5, 0.6) is 0 Å². The number of carboxylic acid groups (broad SMARTS) is 2. The summed E-state index contributed by atoms with van der Waals surface area (Å²) < 4.78 is 5.04. The Morgan fingerprint density at radius 3 is 2.58 bits per heavy atom. The summed E-state index contributed by atoms with van der Waals surface area (Å²) in [7, 11) is 1.44. The Balaban J connectivity index is 2.56. The van der Waals surface area contributed by atoms with Crippen LogP contribution in [0.25, 0.3) is 0 Å². The van der Waals surface area contributed by atoms with Crippen LogP contribution in [-0.4, -0.2) is 46.2 Å². The van der Waals surface area contributed by atoms with Crippen LogP contribution in [-0.2, 0) is 16.1 Å². The summed E-state index contributed by atoms with van der Waals surface area (Å²) in [6.07, 6.45) is 0.765. The highest BCUT2D eigenvalue weighted by molar-refractivity contribution is 5.86. The lowest BCUT2D eigenvalue weighted by Crippen LogP contribution is -2.47. The molecule has 0 aromatic carbocycles. The monoisotopic (exact) mass is 270 g/mol. The van der Waals surface area contributed by atoms with Crippen LogP contribution in [0.1, 0.15) is 12.2 Å². The van der Waals surface area contributed by atoms with Crippen LogP contribution < -0.4 is 5.32 Å². The Bertz CT molecular complexity index is 456. The molecule has 1 heterocycles. The van der Waals surface area contributed by atoms with E-state index in [-0.39, 0.29) is 6.54 Å². The fraction of sp³-hybridized carbons (Fsp3) is 0.364. The van der Waals surface area contributed by atoms with Gasteiger partial charge in [-0.25, -0.2) is 9.59 Å². The van der Waals surface area contributed by atoms with Crippen LogP contribution in [0, 0.1) is 0 Å². The lowest BCUT2D eigenvalue weighted by molar-refractivity contribution is -0.145. The maximum Gasteiger partial charge on any atom is 0.326 e. The van der Waals surface area contributed by atoms with E-state index < -0.39 is 30.4 Å². The summed E-state index contributed by atoms with van der Waals surface area (Å²) in [6, 6.07) is 1.16. The van der Waals surface area contributed by atoms with Crippen molar-refractivity contribution in [2.24, 2.45) is 0 Å². The highest BCUT2D eigenvalue weighted by Gasteiger charge is 2.24. The quantitative estimate of drug-likeness (QED) is 0.686. The van der Waals surface area contributed by atoms with E-state index in [1.807, 2.05) is 0 Å². The van der Waals surface area contributed by atoms with Crippen molar-refractivity contribution >= 4 is 18.0 Å². The van der Waals surface area contributed by atoms with E-state index in [0.717, 1.165) is 0 Å². The van der Waals surface area contributed by atoms with E-state index in [1.165, 1.54) is 18.2 Å². The Morgan fingerprint density at radius 1 is 1.42 bits per heavy atom. The molecule has 1 rings (SSSR count). The van der Waals surface area contributed by atoms with Gasteiger partial charge >= 0.3 is 18.0 Å². The summed E-state index contributed by atoms with van der Waals surface area (Å²) in [4.78, 5) is 34.1. The third-order valence-corrected chi connectivity index (χ3v) is 2.29. The van der Waals surface area contributed by atoms with Gasteiger partial charge in [0.25, 0.3) is 0 Å². The van der Waals surface area contributed by atoms with E-state index in [9.17, 15) is 14.4 Å². The molecular weight excluding hydrogens is 256 g/mol. The maximum absolute atomic E-state index is 11.7. The number of hydrogen-bond acceptors (Lipinski definition) is 4. The van der Waals surface area contributed by atoms with Crippen molar-refractivity contribution in [2.75, 3.05) is 7.05 Å². The minimum Gasteiger partial charge on any atom is -0.481 e. The Labute approximate surface area is 108 Å². The molecule has 1 atom stereocenters. The van der Waals surface area contributed by atoms with Crippen molar-refractivity contribution in [3.8, 4) is 0 Å². The standard InChI is InChI=1S/C11H14N2O6/c1-13(6-7-3-2-4-19-7)11(18)12-8(10(16)17)5-9(14)15/h2-4,8H,5-6H2,1H3,(H,12,18)(H,14,15)(H,16,17)/t8-/m0/s1. The molecule has 0 spiro atoms. The summed E-state index contributed by atoms with van der Waals surface area (Å²) in [6.45, 7) is 0.151. The van der Waals surface area contributed by atoms with Crippen LogP contribution in [0.2, 0.25) is 0 Å². The zero-order valence-electron chi connectivity index (χ0n) is 10.2. The lowest BCUT2D eigenvalue weighted by Gasteiger charge is -2.19. The van der Waals surface area contributed by atoms with Gasteiger partial charge in [0.2, 0.25) is 0 Å². The molecule has 1 aromatic rings. The number of nitrogens with one attached hydrogen (secondary N) is 1. The molecule has 1 aromatic heterocycles. The smallest absolute Gasteiger partial charge is 0.326 e. The van der Waals surface area contributed by atoms with Gasteiger partial charge in [0.1, 0.15) is 11.8 Å². The van der Waals surface area contributed by atoms with Crippen LogP contribution >= 0.6 is 0 Å². The number of aliphatic carboxylic acids is 2. The second kappa shape index (κ2) is 6.43. The lowest BCUT2D eigenvalue weighted by atomic mass is 10.2. The van der Waals surface area contributed by atoms with Gasteiger partial charge in [-0.3, -0.25) is 4.79 Å². The van der Waals surface area contributed by atoms with Gasteiger partial charge in [0, 0.05) is 7.05 Å². The zero-order valence-corrected chi connectivity index (χ0v) is 10.2. The number of hydrogen-bond donors (Lipinski definition) is 3. The minimum atomic E-state index is -1.47. The van der Waals surface area contributed by atoms with Crippen LogP contribution in [0.4, 0.5) is 4.79 Å². The van der Waals surface area contributed by atoms with Gasteiger partial charge in [0.05, 0.1) is 19.2 Å². The number of rotatable bonds is 6. The average molecular weight is 270 g/mol. The van der Waals surface area contributed by atoms with E-state index in [1.54, 1.807) is 12.1 Å². The number of carbonyl (C=O) groups is 3. The van der Waals surface area contributed by atoms with Crippen molar-refractivity contribution < 1.29 is 29.0 Å². The summed E-state index contributed by atoms with van der Waals surface area (Å²) in [5, 5.41) is 19.5. The van der Waals surface area contributed by atoms with Gasteiger partial charge in [-0.05, 0) is 12.1 Å². The molecule has 0 aliphatic carbocycles. The van der Waals surface area contributed by atoms with Crippen molar-refractivity contribution in [1.82, 2.24) is 10.2 Å². The summed E-state index contributed by atoms with van der Waals surface area (Å²) >= 11 is 0. The highest BCUT2D eigenvalue weighted by atomic mass is 16.4. The predicted octanol–water partition coefficient (Wildman–Crippen LogP) is 0.349. The van der Waals surface area contributed by atoms with Crippen molar-refractivity contribution in [2.45, 2.75) is 19.0 Å². The molecule has 2 amide bonds. The molecule has 0 bridgehead atoms. The van der Waals surface area contributed by atoms with Crippen LogP contribution in [0.3, 0.4) is 0 Å². The van der Waals surface area contributed by atoms with Gasteiger partial charge in [-0.2, -0.15) is 0 Å². The molecule has 0 aliphatic heterocycles. The number of amides is 2. The fourth-order valence-electron chi connectivity index (χ4n) is 1.34. The predicted molar refractivity (Wildman–Crippen MR) is 62.4 cm³/mol. The minimum absolute atomic E-state index is 0.151. The van der Waals surface area contributed by atoms with E-state index in [2.05, 4.69) is 5.32 Å². The fourth-order valence-corrected chi connectivity index (χ4v) is 1.34. The average Bonchev–Trinajstić information content (AvgIpc) is 2.79. The normalized spacial score (nSPS) is 11.6. The highest BCUT2D eigenvalue weighted by Crippen LogP contribution is 2.04. The molecule has 0 radical (unpaired) electrons. The van der Waals surface area contributed by atoms with E-state index >= 15 is 0 Å². The first-order valence-electron chi connectivity index (χ1n) is 5.38. The Kier molecular flexibility index (Phi) is 4.92. The third-order valence-electron chi connectivity index (χ3n) is 2.29. The Hall–Kier alpha value is -2.51. The van der Waals surface area contributed by atoms with E-state index in [4.69, 9.17) is 14.6 Å². The van der Waals surface area contributed by atoms with Gasteiger partial charge < -0.3 is 24.8 Å². The molecule has 19 heavy (non-hydrogen) atoms. The molecule has 0 aliphatic rings. The number of nitrogens with zero attached hydrogens (tertiary/aromatic N) is 1. The first-order valence-corrected chi connectivity index (χ1v) is 5.38. The first-order chi connectivity index (χ1) is 8.90. The van der Waals surface area contributed by atoms with Gasteiger partial charge in [-0.15, -0.1) is 0 Å². The Morgan fingerprint density at radius 2 is 2.11 bits per heavy atom. The number of carboxylic acids is 2. The number of carbonyl (C=O) groups excluding carboxylic acids is 1. The van der Waals surface area contributed by atoms with Crippen molar-refractivity contribution in [3.05, 3.63) is 24.2 Å². The molecule has 3 N–H and O–H groups in total. The van der Waals surface area contributed by atoms with Gasteiger partial charge in [-0.1, -0.05) is 0 Å². The second-order valence-corrected chi connectivity index (χ2v) is 3.87. The largest absolute Gasteiger partial charge is 0.481 e.